The molecule has 2 aromatic rings. The van der Waals surface area contributed by atoms with Crippen molar-refractivity contribution in [3.63, 3.8) is 0 Å². The summed E-state index contributed by atoms with van der Waals surface area (Å²) in [6.07, 6.45) is 0. The summed E-state index contributed by atoms with van der Waals surface area (Å²) in [6, 6.07) is 11.8. The third-order valence-electron chi connectivity index (χ3n) is 2.97. The number of hydrogen-bond acceptors (Lipinski definition) is 2. The van der Waals surface area contributed by atoms with Crippen LogP contribution in [0.5, 0.6) is 0 Å². The summed E-state index contributed by atoms with van der Waals surface area (Å²) in [5.41, 5.74) is 18.0. The van der Waals surface area contributed by atoms with E-state index < -0.39 is 0 Å². The number of rotatable bonds is 1. The van der Waals surface area contributed by atoms with Gasteiger partial charge in [-0.05, 0) is 48.7 Å². The largest absolute Gasteiger partial charge is 0.399 e. The molecule has 0 aliphatic rings. The standard InChI is InChI=1S/C14H16N2/c1-9-4-3-5-12(10(9)2)13-8-11(15)6-7-14(13)16/h3-8H,15-16H2,1-2H3. The Balaban J connectivity index is 2.67. The highest BCUT2D eigenvalue weighted by molar-refractivity contribution is 5.81. The minimum absolute atomic E-state index is 0.741. The van der Waals surface area contributed by atoms with Gasteiger partial charge in [0.05, 0.1) is 0 Å². The molecule has 0 unspecified atom stereocenters. The monoisotopic (exact) mass is 212 g/mol. The molecule has 4 N–H and O–H groups in total. The van der Waals surface area contributed by atoms with Crippen LogP contribution in [0.15, 0.2) is 36.4 Å². The van der Waals surface area contributed by atoms with Crippen molar-refractivity contribution in [3.8, 4) is 11.1 Å². The van der Waals surface area contributed by atoms with Crippen molar-refractivity contribution in [2.75, 3.05) is 11.5 Å². The molecule has 0 aliphatic carbocycles. The Morgan fingerprint density at radius 1 is 0.875 bits per heavy atom. The Labute approximate surface area is 95.9 Å². The molecule has 2 aromatic carbocycles. The van der Waals surface area contributed by atoms with Crippen LogP contribution in [0.4, 0.5) is 11.4 Å². The lowest BCUT2D eigenvalue weighted by molar-refractivity contribution is 1.34. The van der Waals surface area contributed by atoms with Gasteiger partial charge in [-0.15, -0.1) is 0 Å². The number of hydrogen-bond donors (Lipinski definition) is 2. The fourth-order valence-corrected chi connectivity index (χ4v) is 1.85. The second kappa shape index (κ2) is 3.89. The summed E-state index contributed by atoms with van der Waals surface area (Å²) in [4.78, 5) is 0. The zero-order valence-electron chi connectivity index (χ0n) is 9.62. The zero-order chi connectivity index (χ0) is 11.7. The summed E-state index contributed by atoms with van der Waals surface area (Å²) in [5.74, 6) is 0. The van der Waals surface area contributed by atoms with Gasteiger partial charge < -0.3 is 11.5 Å². The van der Waals surface area contributed by atoms with Crippen molar-refractivity contribution in [2.45, 2.75) is 13.8 Å². The molecule has 0 atom stereocenters. The van der Waals surface area contributed by atoms with Crippen LogP contribution in [-0.2, 0) is 0 Å². The Hall–Kier alpha value is -1.96. The first-order valence-electron chi connectivity index (χ1n) is 5.31. The van der Waals surface area contributed by atoms with Crippen molar-refractivity contribution in [1.82, 2.24) is 0 Å². The molecule has 16 heavy (non-hydrogen) atoms. The lowest BCUT2D eigenvalue weighted by Gasteiger charge is -2.11. The van der Waals surface area contributed by atoms with Crippen LogP contribution in [0.1, 0.15) is 11.1 Å². The topological polar surface area (TPSA) is 52.0 Å². The molecule has 2 nitrogen and oxygen atoms in total. The van der Waals surface area contributed by atoms with Crippen LogP contribution in [0, 0.1) is 13.8 Å². The van der Waals surface area contributed by atoms with Crippen LogP contribution < -0.4 is 11.5 Å². The highest BCUT2D eigenvalue weighted by Gasteiger charge is 2.07. The first kappa shape index (κ1) is 10.6. The quantitative estimate of drug-likeness (QED) is 0.713. The van der Waals surface area contributed by atoms with E-state index in [0.29, 0.717) is 0 Å². The van der Waals surface area contributed by atoms with Gasteiger partial charge >= 0.3 is 0 Å². The third-order valence-corrected chi connectivity index (χ3v) is 2.97. The van der Waals surface area contributed by atoms with Gasteiger partial charge in [0.25, 0.3) is 0 Å². The van der Waals surface area contributed by atoms with E-state index >= 15 is 0 Å². The van der Waals surface area contributed by atoms with Crippen LogP contribution in [-0.4, -0.2) is 0 Å². The van der Waals surface area contributed by atoms with Gasteiger partial charge in [-0.2, -0.15) is 0 Å². The van der Waals surface area contributed by atoms with Gasteiger partial charge in [0.1, 0.15) is 0 Å². The molecule has 0 amide bonds. The first-order valence-corrected chi connectivity index (χ1v) is 5.31. The summed E-state index contributed by atoms with van der Waals surface area (Å²) >= 11 is 0. The predicted octanol–water partition coefficient (Wildman–Crippen LogP) is 3.13. The highest BCUT2D eigenvalue weighted by atomic mass is 14.6. The molecule has 82 valence electrons. The van der Waals surface area contributed by atoms with Crippen molar-refractivity contribution in [1.29, 1.82) is 0 Å². The molecule has 0 aromatic heterocycles. The second-order valence-electron chi connectivity index (χ2n) is 4.09. The van der Waals surface area contributed by atoms with E-state index in [2.05, 4.69) is 26.0 Å². The lowest BCUT2D eigenvalue weighted by Crippen LogP contribution is -1.95. The van der Waals surface area contributed by atoms with Crippen molar-refractivity contribution < 1.29 is 0 Å². The average molecular weight is 212 g/mol. The van der Waals surface area contributed by atoms with E-state index in [4.69, 9.17) is 11.5 Å². The van der Waals surface area contributed by atoms with E-state index in [1.165, 1.54) is 11.1 Å². The highest BCUT2D eigenvalue weighted by Crippen LogP contribution is 2.31. The molecule has 0 heterocycles. The van der Waals surface area contributed by atoms with Crippen molar-refractivity contribution in [2.24, 2.45) is 0 Å². The smallest absolute Gasteiger partial charge is 0.0395 e. The Morgan fingerprint density at radius 3 is 2.38 bits per heavy atom. The lowest BCUT2D eigenvalue weighted by atomic mass is 9.96. The maximum atomic E-state index is 5.98. The van der Waals surface area contributed by atoms with E-state index in [1.807, 2.05) is 24.3 Å². The fraction of sp³-hybridized carbons (Fsp3) is 0.143. The SMILES string of the molecule is Cc1cccc(-c2cc(N)ccc2N)c1C. The van der Waals surface area contributed by atoms with Gasteiger partial charge in [-0.3, -0.25) is 0 Å². The van der Waals surface area contributed by atoms with Crippen molar-refractivity contribution in [3.05, 3.63) is 47.5 Å². The Bertz CT molecular complexity index is 530. The zero-order valence-corrected chi connectivity index (χ0v) is 9.62. The number of anilines is 2. The second-order valence-corrected chi connectivity index (χ2v) is 4.09. The van der Waals surface area contributed by atoms with E-state index in [0.717, 1.165) is 22.5 Å². The van der Waals surface area contributed by atoms with Crippen LogP contribution in [0.2, 0.25) is 0 Å². The minimum atomic E-state index is 0.741. The maximum Gasteiger partial charge on any atom is 0.0395 e. The summed E-state index contributed by atoms with van der Waals surface area (Å²) in [7, 11) is 0. The van der Waals surface area contributed by atoms with E-state index in [9.17, 15) is 0 Å². The molecule has 0 bridgehead atoms. The van der Waals surface area contributed by atoms with Gasteiger partial charge in [-0.25, -0.2) is 0 Å². The Morgan fingerprint density at radius 2 is 1.62 bits per heavy atom. The maximum absolute atomic E-state index is 5.98. The third kappa shape index (κ3) is 1.74. The van der Waals surface area contributed by atoms with E-state index in [1.54, 1.807) is 0 Å². The molecule has 0 saturated heterocycles. The van der Waals surface area contributed by atoms with Crippen LogP contribution in [0.25, 0.3) is 11.1 Å². The molecule has 0 fully saturated rings. The van der Waals surface area contributed by atoms with Crippen LogP contribution >= 0.6 is 0 Å². The summed E-state index contributed by atoms with van der Waals surface area (Å²) < 4.78 is 0. The number of aryl methyl sites for hydroxylation is 1. The van der Waals surface area contributed by atoms with Crippen molar-refractivity contribution >= 4 is 11.4 Å². The Kier molecular flexibility index (Phi) is 2.57. The molecular formula is C14H16N2. The number of nitrogens with two attached hydrogens (primary N) is 2. The molecule has 0 spiro atoms. The first-order chi connectivity index (χ1) is 7.59. The molecule has 0 aliphatic heterocycles. The van der Waals surface area contributed by atoms with Gasteiger partial charge in [-0.1, -0.05) is 18.2 Å². The summed E-state index contributed by atoms with van der Waals surface area (Å²) in [6.45, 7) is 4.20. The van der Waals surface area contributed by atoms with Gasteiger partial charge in [0, 0.05) is 16.9 Å². The predicted molar refractivity (Wildman–Crippen MR) is 70.2 cm³/mol. The molecule has 2 rings (SSSR count). The number of nitrogen functional groups attached to an aromatic ring is 2. The molecule has 2 heteroatoms. The minimum Gasteiger partial charge on any atom is -0.399 e. The van der Waals surface area contributed by atoms with E-state index in [-0.39, 0.29) is 0 Å². The average Bonchev–Trinajstić information content (AvgIpc) is 2.26. The normalized spacial score (nSPS) is 10.4. The van der Waals surface area contributed by atoms with Crippen LogP contribution in [0.3, 0.4) is 0 Å². The molecular weight excluding hydrogens is 196 g/mol. The van der Waals surface area contributed by atoms with Gasteiger partial charge in [0.15, 0.2) is 0 Å². The molecule has 0 saturated carbocycles. The summed E-state index contributed by atoms with van der Waals surface area (Å²) in [5, 5.41) is 0. The molecule has 0 radical (unpaired) electrons. The number of benzene rings is 2. The van der Waals surface area contributed by atoms with Gasteiger partial charge in [0.2, 0.25) is 0 Å². The fourth-order valence-electron chi connectivity index (χ4n) is 1.85.